The van der Waals surface area contributed by atoms with Gasteiger partial charge in [-0.05, 0) is 43.0 Å². The van der Waals surface area contributed by atoms with Crippen molar-refractivity contribution < 1.29 is 13.2 Å². The Balaban J connectivity index is 1.80. The Kier molecular flexibility index (Phi) is 4.12. The van der Waals surface area contributed by atoms with Crippen molar-refractivity contribution in [3.63, 3.8) is 0 Å². The molecule has 0 bridgehead atoms. The van der Waals surface area contributed by atoms with Gasteiger partial charge in [0.1, 0.15) is 0 Å². The lowest BCUT2D eigenvalue weighted by atomic mass is 10.0. The fourth-order valence-electron chi connectivity index (χ4n) is 3.34. The molecule has 6 heteroatoms. The Morgan fingerprint density at radius 2 is 1.86 bits per heavy atom. The van der Waals surface area contributed by atoms with Gasteiger partial charge in [0, 0.05) is 24.8 Å². The quantitative estimate of drug-likeness (QED) is 0.930. The molecule has 1 aromatic carbocycles. The number of anilines is 2. The van der Waals surface area contributed by atoms with E-state index < -0.39 is 10.0 Å². The minimum absolute atomic E-state index is 0.100. The molecule has 120 valence electrons. The van der Waals surface area contributed by atoms with Crippen molar-refractivity contribution in [2.75, 3.05) is 16.7 Å². The number of benzene rings is 1. The van der Waals surface area contributed by atoms with Crippen LogP contribution in [0.25, 0.3) is 0 Å². The Hall–Kier alpha value is -1.56. The zero-order chi connectivity index (χ0) is 15.7. The van der Waals surface area contributed by atoms with Gasteiger partial charge in [0.15, 0.2) is 0 Å². The number of fused-ring (bicyclic) bond motifs is 1. The van der Waals surface area contributed by atoms with Crippen LogP contribution in [0.5, 0.6) is 0 Å². The number of carbonyl (C=O) groups is 1. The van der Waals surface area contributed by atoms with Crippen LogP contribution in [0.4, 0.5) is 11.4 Å². The third-order valence-corrected chi connectivity index (χ3v) is 6.54. The lowest BCUT2D eigenvalue weighted by Crippen LogP contribution is -2.32. The molecular weight excluding hydrogens is 300 g/mol. The van der Waals surface area contributed by atoms with Gasteiger partial charge in [-0.25, -0.2) is 8.42 Å². The van der Waals surface area contributed by atoms with Crippen LogP contribution in [-0.4, -0.2) is 26.6 Å². The van der Waals surface area contributed by atoms with Crippen molar-refractivity contribution in [3.8, 4) is 0 Å². The van der Waals surface area contributed by atoms with E-state index in [0.717, 1.165) is 43.4 Å². The molecule has 0 radical (unpaired) electrons. The summed E-state index contributed by atoms with van der Waals surface area (Å²) >= 11 is 0. The SMILES string of the molecule is CN1C(=O)CCc2cc(NS(=O)(=O)C3CCCCC3)ccc21. The Morgan fingerprint density at radius 1 is 1.14 bits per heavy atom. The fourth-order valence-corrected chi connectivity index (χ4v) is 4.92. The normalized spacial score (nSPS) is 19.9. The summed E-state index contributed by atoms with van der Waals surface area (Å²) < 4.78 is 27.7. The molecule has 1 fully saturated rings. The highest BCUT2D eigenvalue weighted by molar-refractivity contribution is 7.93. The third-order valence-electron chi connectivity index (χ3n) is 4.67. The molecule has 2 aliphatic rings. The molecule has 0 aromatic heterocycles. The molecule has 1 heterocycles. The summed E-state index contributed by atoms with van der Waals surface area (Å²) in [6.07, 6.45) is 5.74. The highest BCUT2D eigenvalue weighted by Gasteiger charge is 2.28. The molecule has 5 nitrogen and oxygen atoms in total. The lowest BCUT2D eigenvalue weighted by molar-refractivity contribution is -0.118. The lowest BCUT2D eigenvalue weighted by Gasteiger charge is -2.27. The maximum absolute atomic E-state index is 12.5. The molecule has 1 aliphatic heterocycles. The van der Waals surface area contributed by atoms with Crippen LogP contribution in [-0.2, 0) is 21.2 Å². The van der Waals surface area contributed by atoms with Crippen LogP contribution >= 0.6 is 0 Å². The molecule has 3 rings (SSSR count). The first-order valence-corrected chi connectivity index (χ1v) is 9.43. The first-order chi connectivity index (χ1) is 10.5. The number of carbonyl (C=O) groups excluding carboxylic acids is 1. The second kappa shape index (κ2) is 5.91. The molecular formula is C16H22N2O3S. The average Bonchev–Trinajstić information content (AvgIpc) is 2.52. The van der Waals surface area contributed by atoms with E-state index in [9.17, 15) is 13.2 Å². The van der Waals surface area contributed by atoms with Gasteiger partial charge < -0.3 is 4.90 Å². The maximum atomic E-state index is 12.5. The smallest absolute Gasteiger partial charge is 0.235 e. The van der Waals surface area contributed by atoms with Crippen LogP contribution in [0.2, 0.25) is 0 Å². The maximum Gasteiger partial charge on any atom is 0.235 e. The molecule has 0 unspecified atom stereocenters. The molecule has 0 saturated heterocycles. The summed E-state index contributed by atoms with van der Waals surface area (Å²) in [5, 5.41) is -0.276. The molecule has 1 N–H and O–H groups in total. The number of aryl methyl sites for hydroxylation is 1. The predicted molar refractivity (Wildman–Crippen MR) is 87.6 cm³/mol. The second-order valence-corrected chi connectivity index (χ2v) is 8.16. The van der Waals surface area contributed by atoms with E-state index in [4.69, 9.17) is 0 Å². The van der Waals surface area contributed by atoms with Crippen molar-refractivity contribution in [1.82, 2.24) is 0 Å². The molecule has 1 amide bonds. The molecule has 0 atom stereocenters. The number of nitrogens with one attached hydrogen (secondary N) is 1. The van der Waals surface area contributed by atoms with Gasteiger partial charge >= 0.3 is 0 Å². The zero-order valence-corrected chi connectivity index (χ0v) is 13.7. The minimum Gasteiger partial charge on any atom is -0.315 e. The van der Waals surface area contributed by atoms with Gasteiger partial charge in [-0.3, -0.25) is 9.52 Å². The zero-order valence-electron chi connectivity index (χ0n) is 12.8. The van der Waals surface area contributed by atoms with Crippen LogP contribution in [0.15, 0.2) is 18.2 Å². The number of nitrogens with zero attached hydrogens (tertiary/aromatic N) is 1. The van der Waals surface area contributed by atoms with Gasteiger partial charge in [-0.1, -0.05) is 19.3 Å². The van der Waals surface area contributed by atoms with Crippen molar-refractivity contribution in [1.29, 1.82) is 0 Å². The van der Waals surface area contributed by atoms with E-state index in [1.807, 2.05) is 12.1 Å². The highest BCUT2D eigenvalue weighted by atomic mass is 32.2. The topological polar surface area (TPSA) is 66.5 Å². The van der Waals surface area contributed by atoms with Crippen LogP contribution in [0.3, 0.4) is 0 Å². The summed E-state index contributed by atoms with van der Waals surface area (Å²) in [5.74, 6) is 0.100. The largest absolute Gasteiger partial charge is 0.315 e. The molecule has 22 heavy (non-hydrogen) atoms. The highest BCUT2D eigenvalue weighted by Crippen LogP contribution is 2.31. The number of amides is 1. The van der Waals surface area contributed by atoms with E-state index in [2.05, 4.69) is 4.72 Å². The van der Waals surface area contributed by atoms with Crippen molar-refractivity contribution in [2.45, 2.75) is 50.2 Å². The first kappa shape index (κ1) is 15.3. The van der Waals surface area contributed by atoms with Gasteiger partial charge in [-0.2, -0.15) is 0 Å². The number of sulfonamides is 1. The summed E-state index contributed by atoms with van der Waals surface area (Å²) in [5.41, 5.74) is 2.50. The first-order valence-electron chi connectivity index (χ1n) is 7.88. The standard InChI is InChI=1S/C16H22N2O3S/c1-18-15-9-8-13(11-12(15)7-10-16(18)19)17-22(20,21)14-5-3-2-4-6-14/h8-9,11,14,17H,2-7,10H2,1H3. The van der Waals surface area contributed by atoms with Crippen molar-refractivity contribution in [3.05, 3.63) is 23.8 Å². The Bertz CT molecular complexity index is 679. The molecule has 0 spiro atoms. The van der Waals surface area contributed by atoms with Crippen molar-refractivity contribution in [2.24, 2.45) is 0 Å². The minimum atomic E-state index is -3.32. The summed E-state index contributed by atoms with van der Waals surface area (Å²) in [6.45, 7) is 0. The predicted octanol–water partition coefficient (Wildman–Crippen LogP) is 2.67. The van der Waals surface area contributed by atoms with E-state index >= 15 is 0 Å². The van der Waals surface area contributed by atoms with Gasteiger partial charge in [0.25, 0.3) is 0 Å². The van der Waals surface area contributed by atoms with Gasteiger partial charge in [0.05, 0.1) is 5.25 Å². The van der Waals surface area contributed by atoms with Gasteiger partial charge in [0.2, 0.25) is 15.9 Å². The van der Waals surface area contributed by atoms with E-state index in [1.165, 1.54) is 0 Å². The number of hydrogen-bond acceptors (Lipinski definition) is 3. The monoisotopic (exact) mass is 322 g/mol. The number of hydrogen-bond donors (Lipinski definition) is 1. The second-order valence-electron chi connectivity index (χ2n) is 6.20. The molecule has 1 aromatic rings. The van der Waals surface area contributed by atoms with Crippen molar-refractivity contribution >= 4 is 27.3 Å². The van der Waals surface area contributed by atoms with Crippen LogP contribution < -0.4 is 9.62 Å². The van der Waals surface area contributed by atoms with Gasteiger partial charge in [-0.15, -0.1) is 0 Å². The number of rotatable bonds is 3. The Morgan fingerprint density at radius 3 is 2.59 bits per heavy atom. The van der Waals surface area contributed by atoms with Crippen LogP contribution in [0.1, 0.15) is 44.1 Å². The summed E-state index contributed by atoms with van der Waals surface area (Å²) in [6, 6.07) is 5.43. The molecule has 1 saturated carbocycles. The fraction of sp³-hybridized carbons (Fsp3) is 0.562. The van der Waals surface area contributed by atoms with E-state index in [-0.39, 0.29) is 11.2 Å². The molecule has 1 aliphatic carbocycles. The average molecular weight is 322 g/mol. The van der Waals surface area contributed by atoms with E-state index in [0.29, 0.717) is 18.5 Å². The van der Waals surface area contributed by atoms with E-state index in [1.54, 1.807) is 18.0 Å². The summed E-state index contributed by atoms with van der Waals surface area (Å²) in [4.78, 5) is 13.3. The van der Waals surface area contributed by atoms with Crippen LogP contribution in [0, 0.1) is 0 Å². The third kappa shape index (κ3) is 2.97. The summed E-state index contributed by atoms with van der Waals surface area (Å²) in [7, 11) is -1.56. The Labute approximate surface area is 131 Å².